The predicted octanol–water partition coefficient (Wildman–Crippen LogP) is 1.74. The van der Waals surface area contributed by atoms with Crippen molar-refractivity contribution in [1.29, 1.82) is 0 Å². The van der Waals surface area contributed by atoms with Gasteiger partial charge >= 0.3 is 0 Å². The summed E-state index contributed by atoms with van der Waals surface area (Å²) in [7, 11) is 1.47. The Balaban J connectivity index is 2.12. The van der Waals surface area contributed by atoms with Crippen molar-refractivity contribution in [2.24, 2.45) is 0 Å². The molecule has 18 heavy (non-hydrogen) atoms. The molecule has 0 aliphatic rings. The second kappa shape index (κ2) is 5.88. The number of aromatic nitrogens is 2. The fraction of sp³-hybridized carbons (Fsp3) is 0.154. The Morgan fingerprint density at radius 1 is 1.28 bits per heavy atom. The summed E-state index contributed by atoms with van der Waals surface area (Å²) in [6, 6.07) is 8.96. The number of ether oxygens (including phenoxy) is 1. The van der Waals surface area contributed by atoms with E-state index in [4.69, 9.17) is 4.74 Å². The lowest BCUT2D eigenvalue weighted by Crippen LogP contribution is -2.31. The number of hydrogen-bond donors (Lipinski definition) is 1. The summed E-state index contributed by atoms with van der Waals surface area (Å²) >= 11 is 0. The monoisotopic (exact) mass is 243 g/mol. The van der Waals surface area contributed by atoms with Gasteiger partial charge in [-0.1, -0.05) is 30.3 Å². The van der Waals surface area contributed by atoms with Gasteiger partial charge in [0.1, 0.15) is 5.82 Å². The number of carbonyl (C=O) groups excluding carboxylic acids is 1. The summed E-state index contributed by atoms with van der Waals surface area (Å²) in [6.07, 6.45) is 3.86. The lowest BCUT2D eigenvalue weighted by molar-refractivity contribution is 0.0676. The molecule has 1 aromatic heterocycles. The van der Waals surface area contributed by atoms with Crippen molar-refractivity contribution in [3.05, 3.63) is 54.5 Å². The molecular weight excluding hydrogens is 230 g/mol. The van der Waals surface area contributed by atoms with Crippen molar-refractivity contribution in [3.8, 4) is 0 Å². The molecule has 5 nitrogen and oxygen atoms in total. The van der Waals surface area contributed by atoms with Crippen LogP contribution in [0.15, 0.2) is 48.9 Å². The minimum absolute atomic E-state index is 0.149. The van der Waals surface area contributed by atoms with Crippen LogP contribution in [0.1, 0.15) is 10.4 Å². The Bertz CT molecular complexity index is 502. The van der Waals surface area contributed by atoms with E-state index in [1.165, 1.54) is 13.3 Å². The van der Waals surface area contributed by atoms with Crippen molar-refractivity contribution >= 4 is 11.6 Å². The molecule has 1 aromatic carbocycles. The number of ketones is 1. The van der Waals surface area contributed by atoms with Gasteiger partial charge in [-0.05, 0) is 0 Å². The minimum atomic E-state index is -0.774. The number of hydrogen-bond acceptors (Lipinski definition) is 5. The number of benzene rings is 1. The summed E-state index contributed by atoms with van der Waals surface area (Å²) in [4.78, 5) is 20.1. The highest BCUT2D eigenvalue weighted by atomic mass is 16.5. The second-order valence-electron chi connectivity index (χ2n) is 3.58. The van der Waals surface area contributed by atoms with Gasteiger partial charge in [0, 0.05) is 25.1 Å². The first-order chi connectivity index (χ1) is 8.81. The standard InChI is InChI=1S/C13H13N3O2/c1-18-13(16-11-9-14-7-8-15-11)12(17)10-5-3-2-4-6-10/h2-9,13H,1H3,(H,15,16)/t13-/m0/s1. The average molecular weight is 243 g/mol. The first kappa shape index (κ1) is 12.2. The zero-order valence-electron chi connectivity index (χ0n) is 9.91. The number of methoxy groups -OCH3 is 1. The first-order valence-electron chi connectivity index (χ1n) is 5.46. The molecule has 2 aromatic rings. The molecule has 0 spiro atoms. The summed E-state index contributed by atoms with van der Waals surface area (Å²) in [6.45, 7) is 0. The van der Waals surface area contributed by atoms with E-state index >= 15 is 0 Å². The quantitative estimate of drug-likeness (QED) is 0.640. The molecule has 1 atom stereocenters. The highest BCUT2D eigenvalue weighted by Gasteiger charge is 2.19. The van der Waals surface area contributed by atoms with Gasteiger partial charge < -0.3 is 10.1 Å². The summed E-state index contributed by atoms with van der Waals surface area (Å²) in [5.74, 6) is 0.345. The van der Waals surface area contributed by atoms with Crippen LogP contribution in [0.5, 0.6) is 0 Å². The highest BCUT2D eigenvalue weighted by molar-refractivity contribution is 6.00. The van der Waals surface area contributed by atoms with Crippen LogP contribution >= 0.6 is 0 Å². The van der Waals surface area contributed by atoms with Gasteiger partial charge in [-0.3, -0.25) is 9.78 Å². The molecule has 0 amide bonds. The summed E-state index contributed by atoms with van der Waals surface area (Å²) in [5.41, 5.74) is 0.584. The van der Waals surface area contributed by atoms with E-state index in [0.717, 1.165) is 0 Å². The molecule has 0 radical (unpaired) electrons. The van der Waals surface area contributed by atoms with Gasteiger partial charge in [0.15, 0.2) is 6.23 Å². The Morgan fingerprint density at radius 2 is 2.06 bits per heavy atom. The summed E-state index contributed by atoms with van der Waals surface area (Å²) < 4.78 is 5.14. The van der Waals surface area contributed by atoms with Crippen LogP contribution in [0.2, 0.25) is 0 Å². The lowest BCUT2D eigenvalue weighted by Gasteiger charge is -2.16. The molecule has 2 rings (SSSR count). The Kier molecular flexibility index (Phi) is 3.98. The predicted molar refractivity (Wildman–Crippen MR) is 67.2 cm³/mol. The number of nitrogens with one attached hydrogen (secondary N) is 1. The van der Waals surface area contributed by atoms with Gasteiger partial charge in [0.2, 0.25) is 5.78 Å². The maximum absolute atomic E-state index is 12.1. The Hall–Kier alpha value is -2.27. The van der Waals surface area contributed by atoms with Gasteiger partial charge in [0.05, 0.1) is 6.20 Å². The van der Waals surface area contributed by atoms with Gasteiger partial charge in [-0.25, -0.2) is 4.98 Å². The fourth-order valence-corrected chi connectivity index (χ4v) is 1.49. The third kappa shape index (κ3) is 2.89. The molecule has 0 saturated carbocycles. The van der Waals surface area contributed by atoms with Crippen LogP contribution in [0.25, 0.3) is 0 Å². The molecule has 1 N–H and O–H groups in total. The molecule has 0 fully saturated rings. The number of carbonyl (C=O) groups is 1. The first-order valence-corrected chi connectivity index (χ1v) is 5.46. The molecule has 0 unspecified atom stereocenters. The van der Waals surface area contributed by atoms with Crippen LogP contribution in [0, 0.1) is 0 Å². The van der Waals surface area contributed by atoms with Gasteiger partial charge in [0.25, 0.3) is 0 Å². The van der Waals surface area contributed by atoms with E-state index in [9.17, 15) is 4.79 Å². The van der Waals surface area contributed by atoms with Gasteiger partial charge in [-0.15, -0.1) is 0 Å². The maximum Gasteiger partial charge on any atom is 0.212 e. The molecule has 0 bridgehead atoms. The molecule has 92 valence electrons. The van der Waals surface area contributed by atoms with Crippen molar-refractivity contribution in [2.75, 3.05) is 12.4 Å². The van der Waals surface area contributed by atoms with E-state index in [2.05, 4.69) is 15.3 Å². The molecule has 0 aliphatic heterocycles. The number of nitrogens with zero attached hydrogens (tertiary/aromatic N) is 2. The molecule has 0 saturated heterocycles. The molecule has 5 heteroatoms. The van der Waals surface area contributed by atoms with Crippen molar-refractivity contribution < 1.29 is 9.53 Å². The summed E-state index contributed by atoms with van der Waals surface area (Å²) in [5, 5.41) is 2.88. The van der Waals surface area contributed by atoms with Crippen LogP contribution < -0.4 is 5.32 Å². The number of Topliss-reactive ketones (excluding diaryl/α,β-unsaturated/α-hetero) is 1. The van der Waals surface area contributed by atoms with Crippen molar-refractivity contribution in [2.45, 2.75) is 6.23 Å². The Morgan fingerprint density at radius 3 is 2.67 bits per heavy atom. The molecule has 1 heterocycles. The average Bonchev–Trinajstić information content (AvgIpc) is 2.46. The fourth-order valence-electron chi connectivity index (χ4n) is 1.49. The largest absolute Gasteiger partial charge is 0.354 e. The third-order valence-corrected chi connectivity index (χ3v) is 2.37. The van der Waals surface area contributed by atoms with Gasteiger partial charge in [-0.2, -0.15) is 0 Å². The SMILES string of the molecule is CO[C@H](Nc1cnccn1)C(=O)c1ccccc1. The van der Waals surface area contributed by atoms with Crippen molar-refractivity contribution in [3.63, 3.8) is 0 Å². The minimum Gasteiger partial charge on any atom is -0.354 e. The zero-order valence-corrected chi connectivity index (χ0v) is 9.91. The smallest absolute Gasteiger partial charge is 0.212 e. The van der Waals surface area contributed by atoms with E-state index in [1.54, 1.807) is 24.5 Å². The zero-order chi connectivity index (χ0) is 12.8. The van der Waals surface area contributed by atoms with E-state index in [-0.39, 0.29) is 5.78 Å². The molecule has 0 aliphatic carbocycles. The van der Waals surface area contributed by atoms with E-state index in [1.807, 2.05) is 18.2 Å². The third-order valence-electron chi connectivity index (χ3n) is 2.37. The van der Waals surface area contributed by atoms with Crippen LogP contribution in [0.3, 0.4) is 0 Å². The second-order valence-corrected chi connectivity index (χ2v) is 3.58. The number of rotatable bonds is 5. The normalized spacial score (nSPS) is 11.8. The lowest BCUT2D eigenvalue weighted by atomic mass is 10.1. The van der Waals surface area contributed by atoms with E-state index < -0.39 is 6.23 Å². The Labute approximate surface area is 105 Å². The highest BCUT2D eigenvalue weighted by Crippen LogP contribution is 2.08. The van der Waals surface area contributed by atoms with Crippen LogP contribution in [-0.2, 0) is 4.74 Å². The maximum atomic E-state index is 12.1. The van der Waals surface area contributed by atoms with E-state index in [0.29, 0.717) is 11.4 Å². The topological polar surface area (TPSA) is 64.1 Å². The number of anilines is 1. The molecular formula is C13H13N3O2. The van der Waals surface area contributed by atoms with Crippen LogP contribution in [0.4, 0.5) is 5.82 Å². The van der Waals surface area contributed by atoms with Crippen LogP contribution in [-0.4, -0.2) is 29.1 Å². The van der Waals surface area contributed by atoms with Crippen molar-refractivity contribution in [1.82, 2.24) is 9.97 Å².